The van der Waals surface area contributed by atoms with E-state index in [0.29, 0.717) is 23.0 Å². The van der Waals surface area contributed by atoms with Gasteiger partial charge in [-0.25, -0.2) is 5.10 Å². The number of aromatic nitrogens is 2. The molecule has 150 valence electrons. The molecule has 1 aromatic heterocycles. The number of amides is 1. The number of hydrogen-bond donors (Lipinski definition) is 1. The van der Waals surface area contributed by atoms with Gasteiger partial charge in [0.1, 0.15) is 0 Å². The highest BCUT2D eigenvalue weighted by molar-refractivity contribution is 5.87. The molecule has 0 aliphatic heterocycles. The Bertz CT molecular complexity index is 1120. The molecule has 0 spiro atoms. The fourth-order valence-electron chi connectivity index (χ4n) is 3.11. The van der Waals surface area contributed by atoms with E-state index < -0.39 is 5.97 Å². The zero-order chi connectivity index (χ0) is 21.0. The second kappa shape index (κ2) is 8.68. The Labute approximate surface area is 168 Å². The van der Waals surface area contributed by atoms with E-state index in [1.54, 1.807) is 31.3 Å². The number of nitrogens with zero attached hydrogens (tertiary/aromatic N) is 2. The average molecular weight is 393 g/mol. The van der Waals surface area contributed by atoms with Crippen molar-refractivity contribution in [3.63, 3.8) is 0 Å². The van der Waals surface area contributed by atoms with Crippen LogP contribution in [0.3, 0.4) is 0 Å². The van der Waals surface area contributed by atoms with Crippen LogP contribution in [0.2, 0.25) is 0 Å². The van der Waals surface area contributed by atoms with Gasteiger partial charge >= 0.3 is 5.97 Å². The van der Waals surface area contributed by atoms with Gasteiger partial charge in [0.2, 0.25) is 0 Å². The Morgan fingerprint density at radius 3 is 2.55 bits per heavy atom. The van der Waals surface area contributed by atoms with Gasteiger partial charge in [-0.1, -0.05) is 42.0 Å². The fourth-order valence-corrected chi connectivity index (χ4v) is 3.11. The standard InChI is InChI=1S/C22H23N3O4/c1-14-8-9-16(15(2)10-14)12-25(3)20(26)13-29-21(27)11-19-17-6-4-5-7-18(17)22(28)24-23-19/h4-10H,11-13H2,1-3H3,(H,24,28). The van der Waals surface area contributed by atoms with Crippen LogP contribution in [0.15, 0.2) is 47.3 Å². The predicted molar refractivity (Wildman–Crippen MR) is 109 cm³/mol. The lowest BCUT2D eigenvalue weighted by Gasteiger charge is -2.18. The smallest absolute Gasteiger partial charge is 0.312 e. The van der Waals surface area contributed by atoms with Gasteiger partial charge in [0.15, 0.2) is 6.61 Å². The maximum Gasteiger partial charge on any atom is 0.312 e. The first-order valence-electron chi connectivity index (χ1n) is 9.27. The molecule has 2 aromatic carbocycles. The van der Waals surface area contributed by atoms with Crippen molar-refractivity contribution in [1.29, 1.82) is 0 Å². The van der Waals surface area contributed by atoms with E-state index in [1.807, 2.05) is 26.0 Å². The van der Waals surface area contributed by atoms with Crippen LogP contribution in [-0.4, -0.2) is 40.6 Å². The highest BCUT2D eigenvalue weighted by Crippen LogP contribution is 2.14. The van der Waals surface area contributed by atoms with Gasteiger partial charge in [0, 0.05) is 19.0 Å². The summed E-state index contributed by atoms with van der Waals surface area (Å²) in [6.07, 6.45) is -0.134. The molecule has 1 amide bonds. The summed E-state index contributed by atoms with van der Waals surface area (Å²) in [6.45, 7) is 4.11. The van der Waals surface area contributed by atoms with Crippen LogP contribution in [0.5, 0.6) is 0 Å². The monoisotopic (exact) mass is 393 g/mol. The zero-order valence-corrected chi connectivity index (χ0v) is 16.7. The number of nitrogens with one attached hydrogen (secondary N) is 1. The molecule has 7 nitrogen and oxygen atoms in total. The SMILES string of the molecule is Cc1ccc(CN(C)C(=O)COC(=O)Cc2n[nH]c(=O)c3ccccc23)c(C)c1. The molecule has 7 heteroatoms. The minimum absolute atomic E-state index is 0.134. The lowest BCUT2D eigenvalue weighted by molar-refractivity contribution is -0.151. The Balaban J connectivity index is 1.58. The third-order valence-electron chi connectivity index (χ3n) is 4.77. The van der Waals surface area contributed by atoms with Crippen molar-refractivity contribution in [2.45, 2.75) is 26.8 Å². The average Bonchev–Trinajstić information content (AvgIpc) is 2.70. The molecule has 0 atom stereocenters. The molecule has 3 aromatic rings. The summed E-state index contributed by atoms with van der Waals surface area (Å²) in [5, 5.41) is 7.37. The molecule has 0 radical (unpaired) electrons. The van der Waals surface area contributed by atoms with Crippen molar-refractivity contribution in [3.8, 4) is 0 Å². The van der Waals surface area contributed by atoms with E-state index in [2.05, 4.69) is 16.3 Å². The third kappa shape index (κ3) is 4.87. The first kappa shape index (κ1) is 20.3. The summed E-state index contributed by atoms with van der Waals surface area (Å²) in [6, 6.07) is 13.0. The van der Waals surface area contributed by atoms with Crippen LogP contribution in [0.1, 0.15) is 22.4 Å². The van der Waals surface area contributed by atoms with E-state index in [4.69, 9.17) is 4.74 Å². The minimum atomic E-state index is -0.581. The van der Waals surface area contributed by atoms with Gasteiger partial charge in [-0.15, -0.1) is 0 Å². The normalized spacial score (nSPS) is 10.7. The quantitative estimate of drug-likeness (QED) is 0.649. The molecular weight excluding hydrogens is 370 g/mol. The Kier molecular flexibility index (Phi) is 6.07. The topological polar surface area (TPSA) is 92.4 Å². The Morgan fingerprint density at radius 1 is 1.10 bits per heavy atom. The van der Waals surface area contributed by atoms with Crippen molar-refractivity contribution in [3.05, 3.63) is 75.2 Å². The molecule has 0 aliphatic carbocycles. The number of H-pyrrole nitrogens is 1. The fraction of sp³-hybridized carbons (Fsp3) is 0.273. The molecule has 0 saturated heterocycles. The van der Waals surface area contributed by atoms with Crippen LogP contribution in [-0.2, 0) is 27.3 Å². The first-order valence-corrected chi connectivity index (χ1v) is 9.27. The number of carbonyl (C=O) groups is 2. The number of likely N-dealkylation sites (N-methyl/N-ethyl adjacent to an activating group) is 1. The van der Waals surface area contributed by atoms with Crippen molar-refractivity contribution < 1.29 is 14.3 Å². The van der Waals surface area contributed by atoms with Gasteiger partial charge in [-0.05, 0) is 31.0 Å². The number of ether oxygens (including phenoxy) is 1. The van der Waals surface area contributed by atoms with E-state index in [9.17, 15) is 14.4 Å². The summed E-state index contributed by atoms with van der Waals surface area (Å²) in [4.78, 5) is 37.9. The Morgan fingerprint density at radius 2 is 1.83 bits per heavy atom. The highest BCUT2D eigenvalue weighted by Gasteiger charge is 2.16. The van der Waals surface area contributed by atoms with Crippen LogP contribution in [0, 0.1) is 13.8 Å². The van der Waals surface area contributed by atoms with Crippen LogP contribution in [0.25, 0.3) is 10.8 Å². The van der Waals surface area contributed by atoms with Crippen LogP contribution >= 0.6 is 0 Å². The number of fused-ring (bicyclic) bond motifs is 1. The molecule has 1 heterocycles. The number of rotatable bonds is 6. The summed E-state index contributed by atoms with van der Waals surface area (Å²) >= 11 is 0. The van der Waals surface area contributed by atoms with Gasteiger partial charge in [-0.2, -0.15) is 5.10 Å². The third-order valence-corrected chi connectivity index (χ3v) is 4.77. The molecule has 0 bridgehead atoms. The first-order chi connectivity index (χ1) is 13.8. The minimum Gasteiger partial charge on any atom is -0.455 e. The van der Waals surface area contributed by atoms with Gasteiger partial charge < -0.3 is 9.64 Å². The van der Waals surface area contributed by atoms with E-state index in [-0.39, 0.29) is 24.5 Å². The summed E-state index contributed by atoms with van der Waals surface area (Å²) in [7, 11) is 1.67. The van der Waals surface area contributed by atoms with Crippen molar-refractivity contribution in [2.75, 3.05) is 13.7 Å². The molecule has 0 saturated carbocycles. The maximum absolute atomic E-state index is 12.3. The summed E-state index contributed by atoms with van der Waals surface area (Å²) in [5.74, 6) is -0.874. The molecule has 3 rings (SSSR count). The van der Waals surface area contributed by atoms with E-state index in [1.165, 1.54) is 4.90 Å². The van der Waals surface area contributed by atoms with Crippen molar-refractivity contribution >= 4 is 22.6 Å². The lowest BCUT2D eigenvalue weighted by atomic mass is 10.1. The largest absolute Gasteiger partial charge is 0.455 e. The number of esters is 1. The maximum atomic E-state index is 12.3. The molecule has 1 N–H and O–H groups in total. The summed E-state index contributed by atoms with van der Waals surface area (Å²) in [5.41, 5.74) is 3.40. The number of carbonyl (C=O) groups excluding carboxylic acids is 2. The molecular formula is C22H23N3O4. The number of aryl methyl sites for hydroxylation is 2. The molecule has 29 heavy (non-hydrogen) atoms. The van der Waals surface area contributed by atoms with Crippen molar-refractivity contribution in [1.82, 2.24) is 15.1 Å². The second-order valence-electron chi connectivity index (χ2n) is 7.06. The van der Waals surface area contributed by atoms with Crippen molar-refractivity contribution in [2.24, 2.45) is 0 Å². The van der Waals surface area contributed by atoms with Crippen LogP contribution in [0.4, 0.5) is 0 Å². The molecule has 0 unspecified atom stereocenters. The van der Waals surface area contributed by atoms with Gasteiger partial charge in [-0.3, -0.25) is 14.4 Å². The Hall–Kier alpha value is -3.48. The van der Waals surface area contributed by atoms with E-state index >= 15 is 0 Å². The predicted octanol–water partition coefficient (Wildman–Crippen LogP) is 2.28. The number of aromatic amines is 1. The highest BCUT2D eigenvalue weighted by atomic mass is 16.5. The van der Waals surface area contributed by atoms with Gasteiger partial charge in [0.05, 0.1) is 17.5 Å². The van der Waals surface area contributed by atoms with Crippen LogP contribution < -0.4 is 5.56 Å². The number of benzene rings is 2. The van der Waals surface area contributed by atoms with E-state index in [0.717, 1.165) is 16.7 Å². The second-order valence-corrected chi connectivity index (χ2v) is 7.06. The lowest BCUT2D eigenvalue weighted by Crippen LogP contribution is -2.31. The molecule has 0 fully saturated rings. The number of hydrogen-bond acceptors (Lipinski definition) is 5. The van der Waals surface area contributed by atoms with Gasteiger partial charge in [0.25, 0.3) is 11.5 Å². The summed E-state index contributed by atoms with van der Waals surface area (Å²) < 4.78 is 5.13. The molecule has 0 aliphatic rings. The zero-order valence-electron chi connectivity index (χ0n) is 16.7.